The molecule has 5 heteroatoms. The number of nitrogens with two attached hydrogens (primary N) is 1. The first-order valence-corrected chi connectivity index (χ1v) is 6.45. The molecule has 1 aromatic carbocycles. The fraction of sp³-hybridized carbons (Fsp3) is 0.429. The monoisotopic (exact) mass is 259 g/mol. The maximum Gasteiger partial charge on any atom is 0.246 e. The largest absolute Gasteiger partial charge is 0.508 e. The van der Waals surface area contributed by atoms with E-state index in [2.05, 4.69) is 10.1 Å². The number of aromatic hydroxyl groups is 1. The molecule has 1 aliphatic carbocycles. The quantitative estimate of drug-likeness (QED) is 0.876. The summed E-state index contributed by atoms with van der Waals surface area (Å²) in [7, 11) is 0. The summed E-state index contributed by atoms with van der Waals surface area (Å²) in [6.07, 6.45) is 2.83. The van der Waals surface area contributed by atoms with Gasteiger partial charge in [-0.2, -0.15) is 4.98 Å². The van der Waals surface area contributed by atoms with E-state index >= 15 is 0 Å². The van der Waals surface area contributed by atoms with Crippen LogP contribution in [-0.2, 0) is 12.0 Å². The zero-order chi connectivity index (χ0) is 13.5. The Balaban J connectivity index is 1.76. The van der Waals surface area contributed by atoms with Gasteiger partial charge in [0.05, 0.1) is 5.54 Å². The molecular weight excluding hydrogens is 242 g/mol. The van der Waals surface area contributed by atoms with E-state index in [4.69, 9.17) is 10.3 Å². The van der Waals surface area contributed by atoms with Gasteiger partial charge < -0.3 is 15.4 Å². The molecule has 0 saturated heterocycles. The van der Waals surface area contributed by atoms with Crippen molar-refractivity contribution in [3.63, 3.8) is 0 Å². The Labute approximate surface area is 111 Å². The molecule has 1 atom stereocenters. The minimum Gasteiger partial charge on any atom is -0.508 e. The zero-order valence-electron chi connectivity index (χ0n) is 10.8. The molecule has 0 bridgehead atoms. The second-order valence-electron chi connectivity index (χ2n) is 5.42. The van der Waals surface area contributed by atoms with Crippen molar-refractivity contribution in [2.45, 2.75) is 31.7 Å². The Morgan fingerprint density at radius 2 is 2.05 bits per heavy atom. The molecule has 5 nitrogen and oxygen atoms in total. The standard InChI is InChI=1S/C14H17N3O2/c1-14(15,10-4-5-10)13-16-12(17-19-13)8-9-2-6-11(18)7-3-9/h2-3,6-7,10,18H,4-5,8,15H2,1H3. The van der Waals surface area contributed by atoms with Crippen molar-refractivity contribution in [3.8, 4) is 5.75 Å². The topological polar surface area (TPSA) is 85.2 Å². The minimum absolute atomic E-state index is 0.251. The normalized spacial score (nSPS) is 18.2. The summed E-state index contributed by atoms with van der Waals surface area (Å²) in [6.45, 7) is 1.95. The lowest BCUT2D eigenvalue weighted by Crippen LogP contribution is -2.35. The van der Waals surface area contributed by atoms with Gasteiger partial charge in [0.2, 0.25) is 5.89 Å². The van der Waals surface area contributed by atoms with Crippen LogP contribution in [0.3, 0.4) is 0 Å². The van der Waals surface area contributed by atoms with Crippen LogP contribution in [0.25, 0.3) is 0 Å². The van der Waals surface area contributed by atoms with Crippen LogP contribution in [0.15, 0.2) is 28.8 Å². The second kappa shape index (κ2) is 4.35. The second-order valence-corrected chi connectivity index (χ2v) is 5.42. The first kappa shape index (κ1) is 12.2. The first-order valence-electron chi connectivity index (χ1n) is 6.45. The van der Waals surface area contributed by atoms with Crippen LogP contribution in [0.5, 0.6) is 5.75 Å². The highest BCUT2D eigenvalue weighted by Crippen LogP contribution is 2.43. The van der Waals surface area contributed by atoms with Crippen LogP contribution in [0, 0.1) is 5.92 Å². The van der Waals surface area contributed by atoms with Crippen molar-refractivity contribution in [1.82, 2.24) is 10.1 Å². The number of hydrogen-bond donors (Lipinski definition) is 2. The molecule has 0 amide bonds. The van der Waals surface area contributed by atoms with Crippen LogP contribution in [0.2, 0.25) is 0 Å². The van der Waals surface area contributed by atoms with Crippen molar-refractivity contribution in [2.75, 3.05) is 0 Å². The first-order chi connectivity index (χ1) is 9.05. The van der Waals surface area contributed by atoms with Crippen molar-refractivity contribution < 1.29 is 9.63 Å². The number of rotatable bonds is 4. The predicted octanol–water partition coefficient (Wildman–Crippen LogP) is 1.95. The fourth-order valence-electron chi connectivity index (χ4n) is 2.20. The van der Waals surface area contributed by atoms with E-state index in [1.807, 2.05) is 19.1 Å². The zero-order valence-corrected chi connectivity index (χ0v) is 10.8. The van der Waals surface area contributed by atoms with Crippen molar-refractivity contribution in [3.05, 3.63) is 41.5 Å². The lowest BCUT2D eigenvalue weighted by Gasteiger charge is -2.18. The van der Waals surface area contributed by atoms with E-state index in [1.165, 1.54) is 0 Å². The number of phenols is 1. The molecule has 19 heavy (non-hydrogen) atoms. The maximum absolute atomic E-state index is 9.24. The summed E-state index contributed by atoms with van der Waals surface area (Å²) >= 11 is 0. The third kappa shape index (κ3) is 2.46. The minimum atomic E-state index is -0.514. The van der Waals surface area contributed by atoms with Crippen LogP contribution in [0.4, 0.5) is 0 Å². The lowest BCUT2D eigenvalue weighted by atomic mass is 9.97. The molecule has 1 unspecified atom stereocenters. The highest BCUT2D eigenvalue weighted by Gasteiger charge is 2.43. The molecule has 1 fully saturated rings. The van der Waals surface area contributed by atoms with Gasteiger partial charge in [0, 0.05) is 6.42 Å². The number of hydrogen-bond acceptors (Lipinski definition) is 5. The van der Waals surface area contributed by atoms with Gasteiger partial charge in [0.25, 0.3) is 0 Å². The van der Waals surface area contributed by atoms with Gasteiger partial charge in [-0.25, -0.2) is 0 Å². The van der Waals surface area contributed by atoms with Crippen LogP contribution >= 0.6 is 0 Å². The van der Waals surface area contributed by atoms with E-state index in [-0.39, 0.29) is 5.75 Å². The van der Waals surface area contributed by atoms with Crippen molar-refractivity contribution in [2.24, 2.45) is 11.7 Å². The SMILES string of the molecule is CC(N)(c1nc(Cc2ccc(O)cc2)no1)C1CC1. The molecule has 1 aromatic heterocycles. The molecule has 3 rings (SSSR count). The molecule has 100 valence electrons. The van der Waals surface area contributed by atoms with Crippen molar-refractivity contribution >= 4 is 0 Å². The summed E-state index contributed by atoms with van der Waals surface area (Å²) < 4.78 is 5.29. The highest BCUT2D eigenvalue weighted by molar-refractivity contribution is 5.27. The van der Waals surface area contributed by atoms with Crippen molar-refractivity contribution in [1.29, 1.82) is 0 Å². The number of nitrogens with zero attached hydrogens (tertiary/aromatic N) is 2. The fourth-order valence-corrected chi connectivity index (χ4v) is 2.20. The summed E-state index contributed by atoms with van der Waals surface area (Å²) in [5, 5.41) is 13.2. The third-order valence-electron chi connectivity index (χ3n) is 3.65. The maximum atomic E-state index is 9.24. The highest BCUT2D eigenvalue weighted by atomic mass is 16.5. The predicted molar refractivity (Wildman–Crippen MR) is 69.5 cm³/mol. The average molecular weight is 259 g/mol. The van der Waals surface area contributed by atoms with E-state index in [0.29, 0.717) is 24.1 Å². The van der Waals surface area contributed by atoms with Crippen LogP contribution in [-0.4, -0.2) is 15.2 Å². The summed E-state index contributed by atoms with van der Waals surface area (Å²) in [5.74, 6) is 1.84. The molecule has 0 aliphatic heterocycles. The number of phenolic OH excluding ortho intramolecular Hbond substituents is 1. The molecule has 1 heterocycles. The van der Waals surface area contributed by atoms with Gasteiger partial charge in [-0.1, -0.05) is 17.3 Å². The number of benzene rings is 1. The van der Waals surface area contributed by atoms with Gasteiger partial charge in [-0.15, -0.1) is 0 Å². The molecule has 1 aliphatic rings. The Morgan fingerprint density at radius 3 is 2.68 bits per heavy atom. The molecule has 1 saturated carbocycles. The van der Waals surface area contributed by atoms with Gasteiger partial charge in [0.1, 0.15) is 5.75 Å². The van der Waals surface area contributed by atoms with Crippen LogP contribution < -0.4 is 5.73 Å². The van der Waals surface area contributed by atoms with E-state index in [1.54, 1.807) is 12.1 Å². The molecule has 3 N–H and O–H groups in total. The van der Waals surface area contributed by atoms with Gasteiger partial charge >= 0.3 is 0 Å². The van der Waals surface area contributed by atoms with E-state index in [0.717, 1.165) is 18.4 Å². The Kier molecular flexibility index (Phi) is 2.78. The van der Waals surface area contributed by atoms with Gasteiger partial charge in [-0.3, -0.25) is 0 Å². The van der Waals surface area contributed by atoms with Gasteiger partial charge in [-0.05, 0) is 43.4 Å². The molecule has 0 spiro atoms. The van der Waals surface area contributed by atoms with E-state index < -0.39 is 5.54 Å². The Hall–Kier alpha value is -1.88. The number of aromatic nitrogens is 2. The Morgan fingerprint density at radius 1 is 1.37 bits per heavy atom. The van der Waals surface area contributed by atoms with E-state index in [9.17, 15) is 5.11 Å². The summed E-state index contributed by atoms with van der Waals surface area (Å²) in [5.41, 5.74) is 6.75. The molecule has 0 radical (unpaired) electrons. The lowest BCUT2D eigenvalue weighted by molar-refractivity contribution is 0.272. The third-order valence-corrected chi connectivity index (χ3v) is 3.65. The van der Waals surface area contributed by atoms with Crippen LogP contribution in [0.1, 0.15) is 37.0 Å². The summed E-state index contributed by atoms with van der Waals surface area (Å²) in [4.78, 5) is 4.40. The Bertz CT molecular complexity index is 571. The smallest absolute Gasteiger partial charge is 0.246 e. The average Bonchev–Trinajstić information content (AvgIpc) is 3.14. The van der Waals surface area contributed by atoms with Gasteiger partial charge in [0.15, 0.2) is 5.82 Å². The molecular formula is C14H17N3O2. The molecule has 2 aromatic rings. The summed E-state index contributed by atoms with van der Waals surface area (Å²) in [6, 6.07) is 6.98.